The highest BCUT2D eigenvalue weighted by Crippen LogP contribution is 2.62. The minimum absolute atomic E-state index is 0.0191. The number of unbranched alkanes of at least 4 members (excludes halogenated alkanes) is 2. The normalized spacial score (nSPS) is 27.0. The second-order valence-corrected chi connectivity index (χ2v) is 18.2. The van der Waals surface area contributed by atoms with Crippen molar-refractivity contribution in [2.45, 2.75) is 133 Å². The molecule has 2 heterocycles. The first-order chi connectivity index (χ1) is 31.4. The number of carbonyl (C=O) groups is 1. The second-order valence-electron chi connectivity index (χ2n) is 18.2. The third-order valence-corrected chi connectivity index (χ3v) is 14.1. The summed E-state index contributed by atoms with van der Waals surface area (Å²) in [5, 5.41) is 34.6. The third kappa shape index (κ3) is 11.6. The number of halogens is 1. The van der Waals surface area contributed by atoms with Gasteiger partial charge in [0, 0.05) is 56.1 Å². The number of nitrogens with zero attached hydrogens (tertiary/aromatic N) is 2. The largest absolute Gasteiger partial charge is 0.489 e. The van der Waals surface area contributed by atoms with Crippen LogP contribution < -0.4 is 9.47 Å². The van der Waals surface area contributed by atoms with Crippen LogP contribution in [0.2, 0.25) is 0 Å². The van der Waals surface area contributed by atoms with Gasteiger partial charge in [0.1, 0.15) is 30.0 Å². The summed E-state index contributed by atoms with van der Waals surface area (Å²) in [7, 11) is 0. The fourth-order valence-corrected chi connectivity index (χ4v) is 11.0. The summed E-state index contributed by atoms with van der Waals surface area (Å²) < 4.78 is 47.6. The molecule has 0 spiro atoms. The van der Waals surface area contributed by atoms with E-state index in [0.717, 1.165) is 68.9 Å². The molecule has 2 aromatic carbocycles. The molecule has 5 aliphatic rings. The summed E-state index contributed by atoms with van der Waals surface area (Å²) in [5.74, 6) is -0.761. The predicted molar refractivity (Wildman–Crippen MR) is 241 cm³/mol. The van der Waals surface area contributed by atoms with E-state index in [1.807, 2.05) is 23.1 Å². The zero-order valence-electron chi connectivity index (χ0n) is 37.6. The molecule has 12 nitrogen and oxygen atoms in total. The molecule has 1 saturated heterocycles. The highest BCUT2D eigenvalue weighted by Gasteiger charge is 2.65. The zero-order chi connectivity index (χ0) is 44.7. The van der Waals surface area contributed by atoms with Crippen molar-refractivity contribution in [1.29, 1.82) is 0 Å². The first-order valence-corrected chi connectivity index (χ1v) is 24.1. The number of ether oxygens (including phenoxy) is 5. The number of fused-ring (bicyclic) bond motifs is 2. The number of aliphatic hydroxyl groups excluding tert-OH is 3. The molecular weight excluding hydrogens is 820 g/mol. The van der Waals surface area contributed by atoms with Gasteiger partial charge in [-0.05, 0) is 92.5 Å². The number of oxime groups is 1. The first-order valence-electron chi connectivity index (χ1n) is 24.1. The van der Waals surface area contributed by atoms with Crippen molar-refractivity contribution < 1.29 is 53.0 Å². The number of hydrogen-bond donors (Lipinski definition) is 3. The molecule has 3 aliphatic carbocycles. The topological polar surface area (TPSA) is 149 Å². The van der Waals surface area contributed by atoms with Crippen molar-refractivity contribution in [2.24, 2.45) is 28.8 Å². The SMILES string of the molecule is C=CCO[C@@]12Oc3ccc(OCc4ccccc4F)cc3[C@H]3[C@H](CCCCO)[C@@H](CCCCO)C=C(C(=NOC4CCCCO4)C[C@@H]1N(CCOCCO)C(=O)CCC1CCCC1)[C@H]32. The molecule has 2 aromatic rings. The molecule has 0 radical (unpaired) electrons. The van der Waals surface area contributed by atoms with Gasteiger partial charge in [0.2, 0.25) is 18.0 Å². The Hall–Kier alpha value is -3.85. The van der Waals surface area contributed by atoms with Crippen LogP contribution in [0.25, 0.3) is 0 Å². The van der Waals surface area contributed by atoms with Crippen LogP contribution in [-0.4, -0.2) is 103 Å². The molecule has 352 valence electrons. The number of allylic oxidation sites excluding steroid dienone is 1. The average molecular weight is 891 g/mol. The van der Waals surface area contributed by atoms with Gasteiger partial charge in [0.15, 0.2) is 0 Å². The van der Waals surface area contributed by atoms with Crippen molar-refractivity contribution in [3.8, 4) is 11.5 Å². The summed E-state index contributed by atoms with van der Waals surface area (Å²) in [6.45, 7) is 5.46. The van der Waals surface area contributed by atoms with Crippen molar-refractivity contribution in [3.05, 3.63) is 83.7 Å². The summed E-state index contributed by atoms with van der Waals surface area (Å²) in [6, 6.07) is 11.7. The fraction of sp³-hybridized carbons (Fsp3) is 0.647. The minimum Gasteiger partial charge on any atom is -0.489 e. The molecule has 7 rings (SSSR count). The van der Waals surface area contributed by atoms with Gasteiger partial charge in [-0.25, -0.2) is 4.39 Å². The van der Waals surface area contributed by atoms with Crippen LogP contribution in [0, 0.1) is 29.5 Å². The van der Waals surface area contributed by atoms with Gasteiger partial charge >= 0.3 is 0 Å². The van der Waals surface area contributed by atoms with Crippen LogP contribution in [0.15, 0.2) is 71.9 Å². The van der Waals surface area contributed by atoms with E-state index >= 15 is 0 Å². The van der Waals surface area contributed by atoms with E-state index < -0.39 is 24.0 Å². The van der Waals surface area contributed by atoms with Gasteiger partial charge in [0.05, 0.1) is 44.7 Å². The summed E-state index contributed by atoms with van der Waals surface area (Å²) in [4.78, 5) is 23.1. The van der Waals surface area contributed by atoms with E-state index in [0.29, 0.717) is 61.0 Å². The van der Waals surface area contributed by atoms with Crippen LogP contribution in [0.5, 0.6) is 11.5 Å². The Labute approximate surface area is 378 Å². The van der Waals surface area contributed by atoms with E-state index in [-0.39, 0.29) is 88.7 Å². The Bertz CT molecular complexity index is 1860. The maximum Gasteiger partial charge on any atom is 0.239 e. The summed E-state index contributed by atoms with van der Waals surface area (Å²) in [5.41, 5.74) is 3.01. The van der Waals surface area contributed by atoms with Gasteiger partial charge < -0.3 is 48.7 Å². The molecule has 7 atom stereocenters. The van der Waals surface area contributed by atoms with Gasteiger partial charge in [-0.1, -0.05) is 74.0 Å². The quantitative estimate of drug-likeness (QED) is 0.0505. The van der Waals surface area contributed by atoms with E-state index in [2.05, 4.69) is 12.7 Å². The maximum absolute atomic E-state index is 14.9. The lowest BCUT2D eigenvalue weighted by Crippen LogP contribution is -2.70. The van der Waals surface area contributed by atoms with E-state index in [4.69, 9.17) is 33.7 Å². The second kappa shape index (κ2) is 24.1. The molecule has 13 heteroatoms. The molecule has 3 N–H and O–H groups in total. The summed E-state index contributed by atoms with van der Waals surface area (Å²) in [6.07, 6.45) is 16.7. The molecule has 64 heavy (non-hydrogen) atoms. The number of amides is 1. The fourth-order valence-electron chi connectivity index (χ4n) is 11.0. The van der Waals surface area contributed by atoms with Crippen molar-refractivity contribution in [2.75, 3.05) is 52.8 Å². The van der Waals surface area contributed by atoms with Gasteiger partial charge in [-0.2, -0.15) is 0 Å². The van der Waals surface area contributed by atoms with Crippen LogP contribution in [-0.2, 0) is 30.4 Å². The molecule has 1 amide bonds. The highest BCUT2D eigenvalue weighted by atomic mass is 19.1. The van der Waals surface area contributed by atoms with E-state index in [9.17, 15) is 24.5 Å². The van der Waals surface area contributed by atoms with Crippen LogP contribution in [0.4, 0.5) is 4.39 Å². The third-order valence-electron chi connectivity index (χ3n) is 14.1. The number of aliphatic hydroxyl groups is 3. The Morgan fingerprint density at radius 1 is 0.953 bits per heavy atom. The Balaban J connectivity index is 1.39. The van der Waals surface area contributed by atoms with Crippen molar-refractivity contribution in [1.82, 2.24) is 4.90 Å². The lowest BCUT2D eigenvalue weighted by Gasteiger charge is -2.60. The maximum atomic E-state index is 14.9. The summed E-state index contributed by atoms with van der Waals surface area (Å²) >= 11 is 0. The van der Waals surface area contributed by atoms with Crippen molar-refractivity contribution >= 4 is 11.6 Å². The monoisotopic (exact) mass is 891 g/mol. The number of rotatable bonds is 25. The highest BCUT2D eigenvalue weighted by molar-refractivity contribution is 6.03. The zero-order valence-corrected chi connectivity index (χ0v) is 37.6. The Morgan fingerprint density at radius 2 is 1.75 bits per heavy atom. The molecule has 0 bridgehead atoms. The van der Waals surface area contributed by atoms with E-state index in [1.54, 1.807) is 24.3 Å². The molecule has 2 aliphatic heterocycles. The average Bonchev–Trinajstić information content (AvgIpc) is 3.85. The molecule has 3 fully saturated rings. The van der Waals surface area contributed by atoms with Crippen LogP contribution >= 0.6 is 0 Å². The minimum atomic E-state index is -1.42. The predicted octanol–water partition coefficient (Wildman–Crippen LogP) is 8.37. The number of benzene rings is 2. The van der Waals surface area contributed by atoms with E-state index in [1.165, 1.54) is 18.9 Å². The molecular formula is C51H71FN2O10. The first kappa shape index (κ1) is 48.1. The number of hydrogen-bond acceptors (Lipinski definition) is 11. The molecule has 1 unspecified atom stereocenters. The Kier molecular flexibility index (Phi) is 18.1. The molecule has 2 saturated carbocycles. The standard InChI is InChI=1S/C51H71FN2O10/c1-2-28-62-51-46(54(24-30-59-31-27-57)47(58)23-20-36-13-3-4-14-36)34-44(53-64-48-19-9-12-29-60-48)41-32-37(15-7-10-25-55)40(17-8-11-26-56)49(50(41)51)42-33-39(21-22-45(42)63-51)61-35-38-16-5-6-18-43(38)52/h2,5-6,16,18,21-22,32-33,36-37,40,46,48-50,55-57H,1,3-4,7-15,17,19-20,23-31,34-35H2/t37-,40+,46-,48?,49+,50+,51+/m0/s1. The van der Waals surface area contributed by atoms with Crippen LogP contribution in [0.1, 0.15) is 120 Å². The van der Waals surface area contributed by atoms with Gasteiger partial charge in [-0.15, -0.1) is 6.58 Å². The smallest absolute Gasteiger partial charge is 0.239 e. The lowest BCUT2D eigenvalue weighted by molar-refractivity contribution is -0.258. The van der Waals surface area contributed by atoms with Crippen molar-refractivity contribution in [3.63, 3.8) is 0 Å². The molecule has 0 aromatic heterocycles. The van der Waals surface area contributed by atoms with Gasteiger partial charge in [-0.3, -0.25) is 4.79 Å². The lowest BCUT2D eigenvalue weighted by atomic mass is 9.55. The van der Waals surface area contributed by atoms with Gasteiger partial charge in [0.25, 0.3) is 0 Å². The van der Waals surface area contributed by atoms with Crippen LogP contribution in [0.3, 0.4) is 0 Å². The number of carbonyl (C=O) groups excluding carboxylic acids is 1. The Morgan fingerprint density at radius 3 is 2.50 bits per heavy atom.